The highest BCUT2D eigenvalue weighted by Gasteiger charge is 2.54. The third kappa shape index (κ3) is 2.69. The van der Waals surface area contributed by atoms with Crippen LogP contribution in [0.5, 0.6) is 0 Å². The number of benzene rings is 1. The van der Waals surface area contributed by atoms with Crippen LogP contribution in [0.15, 0.2) is 29.6 Å². The largest absolute Gasteiger partial charge is 0.301 e. The smallest absolute Gasteiger partial charge is 0.232 e. The maximum Gasteiger partial charge on any atom is 0.232 e. The Labute approximate surface area is 150 Å². The molecular formula is C20H21FN2OS. The fourth-order valence-electron chi connectivity index (χ4n) is 5.70. The van der Waals surface area contributed by atoms with Crippen molar-refractivity contribution in [3.63, 3.8) is 0 Å². The monoisotopic (exact) mass is 356 g/mol. The number of carbonyl (C=O) groups excluding carboxylic acids is 1. The molecular weight excluding hydrogens is 335 g/mol. The molecule has 0 saturated heterocycles. The van der Waals surface area contributed by atoms with Crippen LogP contribution < -0.4 is 5.32 Å². The molecule has 1 amide bonds. The number of nitrogens with one attached hydrogen (secondary N) is 1. The number of hydrogen-bond acceptors (Lipinski definition) is 3. The van der Waals surface area contributed by atoms with Gasteiger partial charge in [0.1, 0.15) is 5.82 Å². The highest BCUT2D eigenvalue weighted by molar-refractivity contribution is 7.14. The Hall–Kier alpha value is -1.75. The second-order valence-electron chi connectivity index (χ2n) is 8.20. The first kappa shape index (κ1) is 15.5. The summed E-state index contributed by atoms with van der Waals surface area (Å²) in [7, 11) is 0. The Balaban J connectivity index is 1.34. The van der Waals surface area contributed by atoms with Gasteiger partial charge in [-0.15, -0.1) is 11.3 Å². The molecule has 4 fully saturated rings. The van der Waals surface area contributed by atoms with E-state index >= 15 is 0 Å². The first-order valence-corrected chi connectivity index (χ1v) is 10.0. The maximum atomic E-state index is 13.1. The lowest BCUT2D eigenvalue weighted by molar-refractivity contribution is -0.140. The summed E-state index contributed by atoms with van der Waals surface area (Å²) >= 11 is 1.44. The quantitative estimate of drug-likeness (QED) is 0.831. The second-order valence-corrected chi connectivity index (χ2v) is 9.05. The van der Waals surface area contributed by atoms with Gasteiger partial charge in [0.25, 0.3) is 0 Å². The average molecular weight is 356 g/mol. The minimum absolute atomic E-state index is 0.156. The number of amides is 1. The van der Waals surface area contributed by atoms with Gasteiger partial charge in [-0.05, 0) is 80.5 Å². The molecule has 1 heterocycles. The predicted octanol–water partition coefficient (Wildman–Crippen LogP) is 5.10. The van der Waals surface area contributed by atoms with Crippen molar-refractivity contribution in [1.29, 1.82) is 0 Å². The molecule has 0 spiro atoms. The topological polar surface area (TPSA) is 42.0 Å². The van der Waals surface area contributed by atoms with Crippen molar-refractivity contribution in [2.45, 2.75) is 38.5 Å². The van der Waals surface area contributed by atoms with Crippen molar-refractivity contribution >= 4 is 22.4 Å². The number of aromatic nitrogens is 1. The van der Waals surface area contributed by atoms with E-state index in [4.69, 9.17) is 0 Å². The first-order valence-electron chi connectivity index (χ1n) is 9.13. The lowest BCUT2D eigenvalue weighted by Gasteiger charge is -2.55. The molecule has 0 unspecified atom stereocenters. The van der Waals surface area contributed by atoms with Gasteiger partial charge in [-0.25, -0.2) is 9.37 Å². The molecule has 25 heavy (non-hydrogen) atoms. The SMILES string of the molecule is O=C(Nc1nc(-c2ccc(F)cc2)cs1)C12CC3CC(CC(C3)C1)C2. The molecule has 4 saturated carbocycles. The van der Waals surface area contributed by atoms with E-state index in [1.165, 1.54) is 42.7 Å². The van der Waals surface area contributed by atoms with E-state index in [2.05, 4.69) is 10.3 Å². The second kappa shape index (κ2) is 5.63. The van der Waals surface area contributed by atoms with E-state index in [0.717, 1.165) is 48.3 Å². The third-order valence-electron chi connectivity index (χ3n) is 6.38. The summed E-state index contributed by atoms with van der Waals surface area (Å²) in [6.45, 7) is 0. The highest BCUT2D eigenvalue weighted by Crippen LogP contribution is 2.60. The van der Waals surface area contributed by atoms with Crippen LogP contribution in [0.2, 0.25) is 0 Å². The predicted molar refractivity (Wildman–Crippen MR) is 96.7 cm³/mol. The fourth-order valence-corrected chi connectivity index (χ4v) is 6.42. The summed E-state index contributed by atoms with van der Waals surface area (Å²) in [5, 5.41) is 5.67. The maximum absolute atomic E-state index is 13.1. The molecule has 2 aromatic rings. The van der Waals surface area contributed by atoms with Gasteiger partial charge in [0.15, 0.2) is 5.13 Å². The summed E-state index contributed by atoms with van der Waals surface area (Å²) in [5.41, 5.74) is 1.50. The summed E-state index contributed by atoms with van der Waals surface area (Å²) in [6.07, 6.45) is 7.17. The van der Waals surface area contributed by atoms with Gasteiger partial charge >= 0.3 is 0 Å². The Bertz CT molecular complexity index is 778. The van der Waals surface area contributed by atoms with E-state index < -0.39 is 0 Å². The molecule has 3 nitrogen and oxygen atoms in total. The van der Waals surface area contributed by atoms with Crippen LogP contribution in [0.3, 0.4) is 0 Å². The van der Waals surface area contributed by atoms with Crippen LogP contribution in [0.25, 0.3) is 11.3 Å². The third-order valence-corrected chi connectivity index (χ3v) is 7.14. The molecule has 1 aromatic heterocycles. The number of hydrogen-bond donors (Lipinski definition) is 1. The zero-order chi connectivity index (χ0) is 17.0. The minimum Gasteiger partial charge on any atom is -0.301 e. The van der Waals surface area contributed by atoms with Crippen molar-refractivity contribution in [1.82, 2.24) is 4.98 Å². The molecule has 0 atom stereocenters. The van der Waals surface area contributed by atoms with Crippen molar-refractivity contribution in [2.75, 3.05) is 5.32 Å². The Morgan fingerprint density at radius 3 is 2.28 bits per heavy atom. The van der Waals surface area contributed by atoms with Gasteiger partial charge in [-0.3, -0.25) is 4.79 Å². The van der Waals surface area contributed by atoms with Crippen LogP contribution in [-0.4, -0.2) is 10.9 Å². The van der Waals surface area contributed by atoms with Gasteiger partial charge < -0.3 is 5.32 Å². The summed E-state index contributed by atoms with van der Waals surface area (Å²) in [6, 6.07) is 6.30. The zero-order valence-corrected chi connectivity index (χ0v) is 14.8. The standard InChI is InChI=1S/C20H21FN2OS/c21-16-3-1-15(2-4-16)17-11-25-19(22-17)23-18(24)20-8-12-5-13(9-20)7-14(6-12)10-20/h1-4,11-14H,5-10H2,(H,22,23,24). The van der Waals surface area contributed by atoms with Crippen LogP contribution in [0.4, 0.5) is 9.52 Å². The van der Waals surface area contributed by atoms with Crippen LogP contribution in [-0.2, 0) is 4.79 Å². The number of thiazole rings is 1. The van der Waals surface area contributed by atoms with Crippen LogP contribution in [0.1, 0.15) is 38.5 Å². The molecule has 0 radical (unpaired) electrons. The number of carbonyl (C=O) groups is 1. The van der Waals surface area contributed by atoms with E-state index in [0.29, 0.717) is 5.13 Å². The number of rotatable bonds is 3. The van der Waals surface area contributed by atoms with E-state index in [9.17, 15) is 9.18 Å². The van der Waals surface area contributed by atoms with Gasteiger partial charge in [0.05, 0.1) is 11.1 Å². The van der Waals surface area contributed by atoms with Crippen molar-refractivity contribution in [2.24, 2.45) is 23.2 Å². The van der Waals surface area contributed by atoms with Gasteiger partial charge in [-0.2, -0.15) is 0 Å². The number of nitrogens with zero attached hydrogens (tertiary/aromatic N) is 1. The van der Waals surface area contributed by atoms with Crippen LogP contribution in [0, 0.1) is 29.0 Å². The van der Waals surface area contributed by atoms with Gasteiger partial charge in [0, 0.05) is 10.9 Å². The normalized spacial score (nSPS) is 32.8. The number of halogens is 1. The highest BCUT2D eigenvalue weighted by atomic mass is 32.1. The number of anilines is 1. The lowest BCUT2D eigenvalue weighted by Crippen LogP contribution is -2.51. The van der Waals surface area contributed by atoms with Crippen LogP contribution >= 0.6 is 11.3 Å². The van der Waals surface area contributed by atoms with Crippen molar-refractivity contribution in [3.05, 3.63) is 35.5 Å². The molecule has 0 aliphatic heterocycles. The molecule has 130 valence electrons. The van der Waals surface area contributed by atoms with Crippen molar-refractivity contribution < 1.29 is 9.18 Å². The van der Waals surface area contributed by atoms with Gasteiger partial charge in [-0.1, -0.05) is 0 Å². The van der Waals surface area contributed by atoms with Crippen molar-refractivity contribution in [3.8, 4) is 11.3 Å². The Morgan fingerprint density at radius 2 is 1.68 bits per heavy atom. The molecule has 4 aliphatic rings. The molecule has 5 heteroatoms. The van der Waals surface area contributed by atoms with E-state index in [1.54, 1.807) is 12.1 Å². The van der Waals surface area contributed by atoms with E-state index in [-0.39, 0.29) is 17.1 Å². The molecule has 1 N–H and O–H groups in total. The Kier molecular flexibility index (Phi) is 3.49. The molecule has 1 aromatic carbocycles. The lowest BCUT2D eigenvalue weighted by atomic mass is 9.49. The molecule has 4 bridgehead atoms. The fraction of sp³-hybridized carbons (Fsp3) is 0.500. The average Bonchev–Trinajstić information content (AvgIpc) is 3.03. The first-order chi connectivity index (χ1) is 12.1. The zero-order valence-electron chi connectivity index (χ0n) is 14.0. The van der Waals surface area contributed by atoms with E-state index in [1.807, 2.05) is 5.38 Å². The summed E-state index contributed by atoms with van der Waals surface area (Å²) in [4.78, 5) is 17.6. The molecule has 6 rings (SSSR count). The Morgan fingerprint density at radius 1 is 1.08 bits per heavy atom. The summed E-state index contributed by atoms with van der Waals surface area (Å²) < 4.78 is 13.1. The van der Waals surface area contributed by atoms with Gasteiger partial charge in [0.2, 0.25) is 5.91 Å². The summed E-state index contributed by atoms with van der Waals surface area (Å²) in [5.74, 6) is 2.18. The minimum atomic E-state index is -0.255. The molecule has 4 aliphatic carbocycles.